The number of fused-ring (bicyclic) bond motifs is 2. The predicted octanol–water partition coefficient (Wildman–Crippen LogP) is 8.93. The number of hydrogen-bond donors (Lipinski definition) is 1. The molecule has 7 nitrogen and oxygen atoms in total. The second-order valence-corrected chi connectivity index (χ2v) is 13.8. The highest BCUT2D eigenvalue weighted by Crippen LogP contribution is 2.44. The number of nitrogens with zero attached hydrogens (tertiary/aromatic N) is 1. The van der Waals surface area contributed by atoms with E-state index < -0.39 is 9.84 Å². The Morgan fingerprint density at radius 1 is 0.720 bits per heavy atom. The minimum atomic E-state index is -2.89. The van der Waals surface area contributed by atoms with Crippen LogP contribution in [0.15, 0.2) is 126 Å². The van der Waals surface area contributed by atoms with Gasteiger partial charge in [-0.1, -0.05) is 124 Å². The van der Waals surface area contributed by atoms with Gasteiger partial charge in [-0.3, -0.25) is 14.4 Å². The molecule has 5 aromatic carbocycles. The molecule has 0 amide bonds. The number of ketones is 2. The van der Waals surface area contributed by atoms with Crippen molar-refractivity contribution in [2.75, 3.05) is 11.6 Å². The first-order chi connectivity index (χ1) is 23.5. The summed E-state index contributed by atoms with van der Waals surface area (Å²) in [7, 11) is -1.25. The highest BCUT2D eigenvalue weighted by atomic mass is 32.2. The molecule has 1 aliphatic rings. The van der Waals surface area contributed by atoms with Crippen LogP contribution in [0.2, 0.25) is 0 Å². The standard InChI is InChI=1S/C30H20N2O3.C9H12O2S.C2H6.CH4/c1-32-23-17-16-22(31-19-12-6-3-7-13-19)25-26(23)24(20-14-8-9-15-21(20)29(25)34)27(30(32)35)28(33)18-10-4-2-5-11-18;1-8-3-5-9(6-4-8)7-12(2,10)11;1-2;/h2-17,31H,1H3;3-6H,7H2,1-2H3;1-2H3;1H4. The molecule has 0 saturated heterocycles. The molecule has 0 unspecified atom stereocenters. The number of aromatic nitrogens is 1. The van der Waals surface area contributed by atoms with E-state index in [1.165, 1.54) is 10.8 Å². The number of anilines is 2. The maximum absolute atomic E-state index is 13.8. The van der Waals surface area contributed by atoms with Crippen molar-refractivity contribution in [2.24, 2.45) is 7.05 Å². The average molecular weight is 687 g/mol. The van der Waals surface area contributed by atoms with E-state index in [2.05, 4.69) is 5.32 Å². The van der Waals surface area contributed by atoms with Gasteiger partial charge in [-0.2, -0.15) is 0 Å². The van der Waals surface area contributed by atoms with Gasteiger partial charge in [0.1, 0.15) is 0 Å². The number of para-hydroxylation sites is 1. The van der Waals surface area contributed by atoms with Gasteiger partial charge >= 0.3 is 0 Å². The summed E-state index contributed by atoms with van der Waals surface area (Å²) in [6.45, 7) is 5.98. The van der Waals surface area contributed by atoms with Crippen LogP contribution in [0, 0.1) is 6.92 Å². The number of carbonyl (C=O) groups excluding carboxylic acids is 2. The molecule has 50 heavy (non-hydrogen) atoms. The van der Waals surface area contributed by atoms with Crippen molar-refractivity contribution in [3.05, 3.63) is 165 Å². The van der Waals surface area contributed by atoms with Gasteiger partial charge in [0.2, 0.25) is 0 Å². The molecule has 0 saturated carbocycles. The van der Waals surface area contributed by atoms with Crippen molar-refractivity contribution in [1.82, 2.24) is 4.57 Å². The molecule has 0 atom stereocenters. The van der Waals surface area contributed by atoms with Crippen LogP contribution in [-0.4, -0.2) is 30.8 Å². The van der Waals surface area contributed by atoms with Crippen molar-refractivity contribution >= 4 is 43.7 Å². The fourth-order valence-corrected chi connectivity index (χ4v) is 6.68. The Bertz CT molecular complexity index is 2330. The normalized spacial score (nSPS) is 11.2. The summed E-state index contributed by atoms with van der Waals surface area (Å²) in [6.07, 6.45) is 1.24. The molecule has 1 aliphatic carbocycles. The van der Waals surface area contributed by atoms with E-state index in [-0.39, 0.29) is 35.9 Å². The van der Waals surface area contributed by atoms with Crippen LogP contribution in [-0.2, 0) is 22.6 Å². The van der Waals surface area contributed by atoms with Crippen LogP contribution in [0.25, 0.3) is 22.0 Å². The first-order valence-electron chi connectivity index (χ1n) is 16.0. The molecular weight excluding hydrogens is 645 g/mol. The zero-order chi connectivity index (χ0) is 35.3. The Hall–Kier alpha value is -5.60. The largest absolute Gasteiger partial charge is 0.355 e. The molecule has 0 bridgehead atoms. The molecular formula is C42H42N2O5S. The Labute approximate surface area is 294 Å². The Morgan fingerprint density at radius 2 is 1.28 bits per heavy atom. The van der Waals surface area contributed by atoms with Crippen molar-refractivity contribution in [1.29, 1.82) is 0 Å². The van der Waals surface area contributed by atoms with Gasteiger partial charge in [0.05, 0.1) is 28.1 Å². The second kappa shape index (κ2) is 15.7. The van der Waals surface area contributed by atoms with Gasteiger partial charge < -0.3 is 9.88 Å². The molecule has 8 heteroatoms. The van der Waals surface area contributed by atoms with Crippen LogP contribution in [0.3, 0.4) is 0 Å². The Balaban J connectivity index is 0.000000318. The maximum Gasteiger partial charge on any atom is 0.262 e. The maximum atomic E-state index is 13.8. The van der Waals surface area contributed by atoms with Crippen LogP contribution in [0.4, 0.5) is 11.4 Å². The molecule has 6 aromatic rings. The first kappa shape index (κ1) is 37.2. The number of rotatable bonds is 6. The summed E-state index contributed by atoms with van der Waals surface area (Å²) < 4.78 is 23.2. The van der Waals surface area contributed by atoms with E-state index in [0.29, 0.717) is 44.4 Å². The zero-order valence-electron chi connectivity index (χ0n) is 28.2. The van der Waals surface area contributed by atoms with E-state index in [9.17, 15) is 22.8 Å². The molecule has 256 valence electrons. The van der Waals surface area contributed by atoms with Crippen molar-refractivity contribution in [3.8, 4) is 11.1 Å². The molecule has 0 spiro atoms. The van der Waals surface area contributed by atoms with E-state index in [1.807, 2.05) is 106 Å². The third-order valence-electron chi connectivity index (χ3n) is 8.10. The third kappa shape index (κ3) is 7.66. The van der Waals surface area contributed by atoms with E-state index in [0.717, 1.165) is 16.8 Å². The van der Waals surface area contributed by atoms with Crippen molar-refractivity contribution < 1.29 is 18.0 Å². The quantitative estimate of drug-likeness (QED) is 0.175. The monoisotopic (exact) mass is 686 g/mol. The van der Waals surface area contributed by atoms with Crippen molar-refractivity contribution in [3.63, 3.8) is 0 Å². The number of benzene rings is 5. The summed E-state index contributed by atoms with van der Waals surface area (Å²) in [5.41, 5.74) is 6.21. The van der Waals surface area contributed by atoms with Gasteiger partial charge in [-0.15, -0.1) is 0 Å². The highest BCUT2D eigenvalue weighted by molar-refractivity contribution is 7.89. The summed E-state index contributed by atoms with van der Waals surface area (Å²) >= 11 is 0. The average Bonchev–Trinajstić information content (AvgIpc) is 3.11. The fraction of sp³-hybridized carbons (Fsp3) is 0.167. The Kier molecular flexibility index (Phi) is 11.7. The van der Waals surface area contributed by atoms with Crippen LogP contribution in [0.5, 0.6) is 0 Å². The number of hydrogen-bond acceptors (Lipinski definition) is 6. The topological polar surface area (TPSA) is 102 Å². The number of aryl methyl sites for hydroxylation is 2. The summed E-state index contributed by atoms with van der Waals surface area (Å²) in [4.78, 5) is 41.2. The molecule has 0 fully saturated rings. The highest BCUT2D eigenvalue weighted by Gasteiger charge is 2.33. The van der Waals surface area contributed by atoms with E-state index in [4.69, 9.17) is 0 Å². The van der Waals surface area contributed by atoms with Crippen LogP contribution in [0.1, 0.15) is 64.2 Å². The number of nitrogens with one attached hydrogen (secondary N) is 1. The van der Waals surface area contributed by atoms with Gasteiger partial charge in [-0.25, -0.2) is 8.42 Å². The van der Waals surface area contributed by atoms with Crippen molar-refractivity contribution in [2.45, 2.75) is 34.0 Å². The van der Waals surface area contributed by atoms with Gasteiger partial charge in [-0.05, 0) is 42.3 Å². The smallest absolute Gasteiger partial charge is 0.262 e. The SMILES string of the molecule is C.CC.Cc1ccc(CS(C)(=O)=O)cc1.Cn1c(=O)c(C(=O)c2ccccc2)c2c3c(c(Nc4ccccc4)ccc31)C(=O)c1ccccc1-2. The number of carbonyl (C=O) groups is 2. The molecule has 7 rings (SSSR count). The van der Waals surface area contributed by atoms with Gasteiger partial charge in [0, 0.05) is 41.1 Å². The zero-order valence-corrected chi connectivity index (χ0v) is 29.0. The molecule has 1 aromatic heterocycles. The van der Waals surface area contributed by atoms with Gasteiger partial charge in [0.25, 0.3) is 5.56 Å². The lowest BCUT2D eigenvalue weighted by atomic mass is 9.80. The Morgan fingerprint density at radius 3 is 1.88 bits per heavy atom. The summed E-state index contributed by atoms with van der Waals surface area (Å²) in [5, 5.41) is 3.97. The molecule has 0 radical (unpaired) electrons. The lowest BCUT2D eigenvalue weighted by molar-refractivity contribution is 0.102. The minimum absolute atomic E-state index is 0. The molecule has 0 aliphatic heterocycles. The predicted molar refractivity (Wildman–Crippen MR) is 205 cm³/mol. The lowest BCUT2D eigenvalue weighted by Gasteiger charge is -2.25. The van der Waals surface area contributed by atoms with Gasteiger partial charge in [0.15, 0.2) is 21.4 Å². The summed E-state index contributed by atoms with van der Waals surface area (Å²) in [5.74, 6) is -0.374. The first-order valence-corrected chi connectivity index (χ1v) is 18.1. The second-order valence-electron chi connectivity index (χ2n) is 11.6. The fourth-order valence-electron chi connectivity index (χ4n) is 5.88. The van der Waals surface area contributed by atoms with E-state index in [1.54, 1.807) is 43.4 Å². The number of sulfone groups is 1. The molecule has 1 heterocycles. The van der Waals surface area contributed by atoms with Crippen LogP contribution < -0.4 is 10.9 Å². The molecule has 1 N–H and O–H groups in total. The van der Waals surface area contributed by atoms with Crippen LogP contribution >= 0.6 is 0 Å². The minimum Gasteiger partial charge on any atom is -0.355 e. The third-order valence-corrected chi connectivity index (χ3v) is 8.95. The van der Waals surface area contributed by atoms with E-state index >= 15 is 0 Å². The lowest BCUT2D eigenvalue weighted by Crippen LogP contribution is -2.29. The summed E-state index contributed by atoms with van der Waals surface area (Å²) in [6, 6.07) is 36.7. The number of pyridine rings is 1.